The molecule has 1 heterocycles. The van der Waals surface area contributed by atoms with Gasteiger partial charge in [0.25, 0.3) is 0 Å². The van der Waals surface area contributed by atoms with Crippen molar-refractivity contribution in [1.82, 2.24) is 10.2 Å². The minimum Gasteiger partial charge on any atom is -0.496 e. The Balaban J connectivity index is 2.02. The number of benzene rings is 2. The average molecular weight is 350 g/mol. The molecule has 1 saturated heterocycles. The van der Waals surface area contributed by atoms with E-state index in [0.717, 1.165) is 55.2 Å². The molecular formula is C19H21F3N2O. The Morgan fingerprint density at radius 2 is 1.64 bits per heavy atom. The Hall–Kier alpha value is -2.05. The molecule has 2 aromatic carbocycles. The molecule has 6 heteroatoms. The van der Waals surface area contributed by atoms with Gasteiger partial charge in [0.05, 0.1) is 18.7 Å². The first kappa shape index (κ1) is 17.8. The first-order valence-corrected chi connectivity index (χ1v) is 8.25. The standard InChI is InChI=1S/C19H21F3N2O/c1-25-17-5-3-2-4-16(17)18(24-12-10-23-11-13-24)14-6-8-15(9-7-14)19(20,21)22/h2-9,18,23H,10-13H2,1H3. The van der Waals surface area contributed by atoms with Gasteiger partial charge in [0.1, 0.15) is 5.75 Å². The van der Waals surface area contributed by atoms with E-state index in [0.29, 0.717) is 0 Å². The first-order chi connectivity index (χ1) is 12.0. The van der Waals surface area contributed by atoms with Crippen molar-refractivity contribution < 1.29 is 17.9 Å². The van der Waals surface area contributed by atoms with Gasteiger partial charge in [-0.3, -0.25) is 4.90 Å². The molecular weight excluding hydrogens is 329 g/mol. The van der Waals surface area contributed by atoms with E-state index in [1.54, 1.807) is 19.2 Å². The molecule has 0 spiro atoms. The molecule has 1 fully saturated rings. The Morgan fingerprint density at radius 1 is 1.00 bits per heavy atom. The molecule has 1 unspecified atom stereocenters. The molecule has 0 radical (unpaired) electrons. The zero-order valence-corrected chi connectivity index (χ0v) is 14.0. The number of alkyl halides is 3. The summed E-state index contributed by atoms with van der Waals surface area (Å²) in [7, 11) is 1.61. The maximum atomic E-state index is 12.9. The molecule has 1 atom stereocenters. The van der Waals surface area contributed by atoms with Crippen LogP contribution in [0.4, 0.5) is 13.2 Å². The topological polar surface area (TPSA) is 24.5 Å². The van der Waals surface area contributed by atoms with Crippen LogP contribution >= 0.6 is 0 Å². The Bertz CT molecular complexity index is 695. The zero-order valence-electron chi connectivity index (χ0n) is 14.0. The number of ether oxygens (including phenoxy) is 1. The summed E-state index contributed by atoms with van der Waals surface area (Å²) in [6, 6.07) is 13.0. The smallest absolute Gasteiger partial charge is 0.416 e. The van der Waals surface area contributed by atoms with Crippen LogP contribution in [0.25, 0.3) is 0 Å². The molecule has 1 aliphatic heterocycles. The number of hydrogen-bond donors (Lipinski definition) is 1. The van der Waals surface area contributed by atoms with Crippen LogP contribution in [0.5, 0.6) is 5.75 Å². The fourth-order valence-corrected chi connectivity index (χ4v) is 3.27. The van der Waals surface area contributed by atoms with Crippen LogP contribution in [0.3, 0.4) is 0 Å². The highest BCUT2D eigenvalue weighted by Gasteiger charge is 2.31. The third kappa shape index (κ3) is 3.96. The van der Waals surface area contributed by atoms with Crippen LogP contribution in [0, 0.1) is 0 Å². The quantitative estimate of drug-likeness (QED) is 0.910. The van der Waals surface area contributed by atoms with E-state index in [4.69, 9.17) is 4.74 Å². The summed E-state index contributed by atoms with van der Waals surface area (Å²) in [6.45, 7) is 3.35. The van der Waals surface area contributed by atoms with Crippen molar-refractivity contribution in [2.75, 3.05) is 33.3 Å². The van der Waals surface area contributed by atoms with Crippen LogP contribution in [0.1, 0.15) is 22.7 Å². The normalized spacial score (nSPS) is 17.3. The third-order valence-corrected chi connectivity index (χ3v) is 4.50. The third-order valence-electron chi connectivity index (χ3n) is 4.50. The fraction of sp³-hybridized carbons (Fsp3) is 0.368. The summed E-state index contributed by atoms with van der Waals surface area (Å²) in [5, 5.41) is 3.31. The maximum absolute atomic E-state index is 12.9. The summed E-state index contributed by atoms with van der Waals surface area (Å²) >= 11 is 0. The lowest BCUT2D eigenvalue weighted by Gasteiger charge is -2.36. The number of piperazine rings is 1. The SMILES string of the molecule is COc1ccccc1C(c1ccc(C(F)(F)F)cc1)N1CCNCC1. The minimum atomic E-state index is -4.33. The van der Waals surface area contributed by atoms with Crippen LogP contribution in [0.15, 0.2) is 48.5 Å². The number of para-hydroxylation sites is 1. The van der Waals surface area contributed by atoms with Crippen molar-refractivity contribution in [2.24, 2.45) is 0 Å². The monoisotopic (exact) mass is 350 g/mol. The minimum absolute atomic E-state index is 0.138. The van der Waals surface area contributed by atoms with Gasteiger partial charge >= 0.3 is 6.18 Å². The van der Waals surface area contributed by atoms with E-state index in [2.05, 4.69) is 10.2 Å². The van der Waals surface area contributed by atoms with Crippen molar-refractivity contribution in [3.8, 4) is 5.75 Å². The van der Waals surface area contributed by atoms with Crippen molar-refractivity contribution in [3.63, 3.8) is 0 Å². The molecule has 0 aliphatic carbocycles. The van der Waals surface area contributed by atoms with Gasteiger partial charge in [-0.05, 0) is 23.8 Å². The number of rotatable bonds is 4. The summed E-state index contributed by atoms with van der Waals surface area (Å²) in [5.41, 5.74) is 1.17. The van der Waals surface area contributed by atoms with Crippen LogP contribution < -0.4 is 10.1 Å². The number of methoxy groups -OCH3 is 1. The molecule has 0 saturated carbocycles. The molecule has 0 aromatic heterocycles. The number of nitrogens with one attached hydrogen (secondary N) is 1. The Kier molecular flexibility index (Phi) is 5.30. The van der Waals surface area contributed by atoms with Crippen molar-refractivity contribution in [1.29, 1.82) is 0 Å². The van der Waals surface area contributed by atoms with Gasteiger partial charge in [-0.1, -0.05) is 30.3 Å². The highest BCUT2D eigenvalue weighted by atomic mass is 19.4. The van der Waals surface area contributed by atoms with Crippen LogP contribution in [-0.2, 0) is 6.18 Å². The van der Waals surface area contributed by atoms with Gasteiger partial charge in [0.2, 0.25) is 0 Å². The van der Waals surface area contributed by atoms with Gasteiger partial charge in [-0.15, -0.1) is 0 Å². The predicted octanol–water partition coefficient (Wildman–Crippen LogP) is 3.71. The second kappa shape index (κ2) is 7.45. The maximum Gasteiger partial charge on any atom is 0.416 e. The van der Waals surface area contributed by atoms with Gasteiger partial charge in [0.15, 0.2) is 0 Å². The van der Waals surface area contributed by atoms with E-state index in [-0.39, 0.29) is 6.04 Å². The summed E-state index contributed by atoms with van der Waals surface area (Å²) in [5.74, 6) is 0.742. The highest BCUT2D eigenvalue weighted by molar-refractivity contribution is 5.42. The summed E-state index contributed by atoms with van der Waals surface area (Å²) in [6.07, 6.45) is -4.33. The molecule has 2 aromatic rings. The van der Waals surface area contributed by atoms with Gasteiger partial charge in [-0.25, -0.2) is 0 Å². The molecule has 3 rings (SSSR count). The molecule has 134 valence electrons. The molecule has 1 aliphatic rings. The lowest BCUT2D eigenvalue weighted by atomic mass is 9.94. The Labute approximate surface area is 145 Å². The molecule has 0 bridgehead atoms. The largest absolute Gasteiger partial charge is 0.496 e. The van der Waals surface area contributed by atoms with E-state index in [1.165, 1.54) is 0 Å². The van der Waals surface area contributed by atoms with E-state index in [9.17, 15) is 13.2 Å². The van der Waals surface area contributed by atoms with E-state index < -0.39 is 11.7 Å². The molecule has 1 N–H and O–H groups in total. The zero-order chi connectivity index (χ0) is 17.9. The molecule has 25 heavy (non-hydrogen) atoms. The number of hydrogen-bond acceptors (Lipinski definition) is 3. The lowest BCUT2D eigenvalue weighted by molar-refractivity contribution is -0.137. The van der Waals surface area contributed by atoms with E-state index in [1.807, 2.05) is 24.3 Å². The van der Waals surface area contributed by atoms with Crippen LogP contribution in [0.2, 0.25) is 0 Å². The van der Waals surface area contributed by atoms with Crippen molar-refractivity contribution in [2.45, 2.75) is 12.2 Å². The Morgan fingerprint density at radius 3 is 2.24 bits per heavy atom. The van der Waals surface area contributed by atoms with Gasteiger partial charge in [-0.2, -0.15) is 13.2 Å². The van der Waals surface area contributed by atoms with Gasteiger partial charge in [0, 0.05) is 31.7 Å². The number of halogens is 3. The average Bonchev–Trinajstić information content (AvgIpc) is 2.63. The second-order valence-corrected chi connectivity index (χ2v) is 6.05. The first-order valence-electron chi connectivity index (χ1n) is 8.25. The second-order valence-electron chi connectivity index (χ2n) is 6.05. The van der Waals surface area contributed by atoms with E-state index >= 15 is 0 Å². The van der Waals surface area contributed by atoms with Crippen molar-refractivity contribution >= 4 is 0 Å². The highest BCUT2D eigenvalue weighted by Crippen LogP contribution is 2.36. The fourth-order valence-electron chi connectivity index (χ4n) is 3.27. The predicted molar refractivity (Wildman–Crippen MR) is 90.7 cm³/mol. The van der Waals surface area contributed by atoms with Crippen LogP contribution in [-0.4, -0.2) is 38.2 Å². The van der Waals surface area contributed by atoms with Gasteiger partial charge < -0.3 is 10.1 Å². The number of nitrogens with zero attached hydrogens (tertiary/aromatic N) is 1. The van der Waals surface area contributed by atoms with Crippen molar-refractivity contribution in [3.05, 3.63) is 65.2 Å². The summed E-state index contributed by atoms with van der Waals surface area (Å²) < 4.78 is 44.1. The summed E-state index contributed by atoms with van der Waals surface area (Å²) in [4.78, 5) is 2.27. The lowest BCUT2D eigenvalue weighted by Crippen LogP contribution is -2.45. The molecule has 0 amide bonds. The molecule has 3 nitrogen and oxygen atoms in total.